The minimum atomic E-state index is 1.16. The zero-order valence-corrected chi connectivity index (χ0v) is 43.6. The van der Waals surface area contributed by atoms with Gasteiger partial charge in [0, 0.05) is 0 Å². The molecule has 0 radical (unpaired) electrons. The zero-order valence-electron chi connectivity index (χ0n) is 43.6. The van der Waals surface area contributed by atoms with E-state index in [0.29, 0.717) is 0 Å². The van der Waals surface area contributed by atoms with Crippen LogP contribution in [0.15, 0.2) is 255 Å². The number of hydrogen-bond donors (Lipinski definition) is 0. The van der Waals surface area contributed by atoms with Gasteiger partial charge >= 0.3 is 0 Å². The largest absolute Gasteiger partial charge is 0.0622 e. The Hall–Kier alpha value is -10.1. The second kappa shape index (κ2) is 26.9. The average Bonchev–Trinajstić information content (AvgIpc) is 3.51. The first kappa shape index (κ1) is 51.4. The molecule has 372 valence electrons. The second-order valence-corrected chi connectivity index (χ2v) is 19.2. The molecular weight excluding hydrogens is 937 g/mol. The van der Waals surface area contributed by atoms with Gasteiger partial charge in [0.15, 0.2) is 0 Å². The molecule has 0 unspecified atom stereocenters. The van der Waals surface area contributed by atoms with Crippen LogP contribution in [0.1, 0.15) is 100 Å². The van der Waals surface area contributed by atoms with Crippen LogP contribution in [0.2, 0.25) is 0 Å². The number of hydrogen-bond acceptors (Lipinski definition) is 0. The van der Waals surface area contributed by atoms with Gasteiger partial charge in [-0.05, 0) is 100 Å². The van der Waals surface area contributed by atoms with E-state index in [4.69, 9.17) is 0 Å². The van der Waals surface area contributed by atoms with Gasteiger partial charge in [-0.15, -0.1) is 0 Å². The minimum absolute atomic E-state index is 1.16. The third kappa shape index (κ3) is 16.2. The summed E-state index contributed by atoms with van der Waals surface area (Å²) in [6, 6.07) is 90.0. The van der Waals surface area contributed by atoms with Crippen molar-refractivity contribution in [3.63, 3.8) is 0 Å². The fourth-order valence-electron chi connectivity index (χ4n) is 8.61. The van der Waals surface area contributed by atoms with Gasteiger partial charge < -0.3 is 0 Å². The van der Waals surface area contributed by atoms with Crippen molar-refractivity contribution in [1.82, 2.24) is 0 Å². The van der Waals surface area contributed by atoms with Crippen molar-refractivity contribution in [3.8, 4) is 0 Å². The Bertz CT molecular complexity index is 3490. The van der Waals surface area contributed by atoms with Crippen LogP contribution in [0, 0.1) is 0 Å². The molecule has 0 saturated carbocycles. The predicted molar refractivity (Wildman–Crippen MR) is 345 cm³/mol. The van der Waals surface area contributed by atoms with E-state index in [-0.39, 0.29) is 0 Å². The smallest absolute Gasteiger partial charge is 0.0256 e. The van der Waals surface area contributed by atoms with Gasteiger partial charge in [0.05, 0.1) is 0 Å². The minimum Gasteiger partial charge on any atom is -0.0622 e. The molecule has 0 heterocycles. The SMILES string of the molecule is C(=C\c1ccc(/C=C/c2ccc(/C=C/c3ccc(/C=C/c4ccc(/C=C/c5ccc(/C=C/c6ccc(/C=C/c7ccc(/C=C/c8ccc(/C=C/c9ccccc9)cc8)cc7)cc6)cc5)cc4)cc3)cc2)cc1)/c1ccccc1. The summed E-state index contributed by atoms with van der Waals surface area (Å²) < 4.78 is 0. The van der Waals surface area contributed by atoms with Crippen molar-refractivity contribution in [1.29, 1.82) is 0 Å². The van der Waals surface area contributed by atoms with Crippen molar-refractivity contribution < 1.29 is 0 Å². The van der Waals surface area contributed by atoms with Gasteiger partial charge in [0.1, 0.15) is 0 Å². The number of benzene rings is 10. The molecule has 0 fully saturated rings. The Morgan fingerprint density at radius 3 is 0.256 bits per heavy atom. The van der Waals surface area contributed by atoms with Gasteiger partial charge in [-0.3, -0.25) is 0 Å². The van der Waals surface area contributed by atoms with Crippen LogP contribution in [0.5, 0.6) is 0 Å². The van der Waals surface area contributed by atoms with E-state index >= 15 is 0 Å². The summed E-state index contributed by atoms with van der Waals surface area (Å²) in [5.41, 5.74) is 21.1. The summed E-state index contributed by atoms with van der Waals surface area (Å²) in [6.07, 6.45) is 38.9. The van der Waals surface area contributed by atoms with Crippen LogP contribution in [-0.4, -0.2) is 0 Å². The molecule has 0 aliphatic rings. The van der Waals surface area contributed by atoms with Crippen LogP contribution in [-0.2, 0) is 0 Å². The van der Waals surface area contributed by atoms with Crippen molar-refractivity contribution in [2.75, 3.05) is 0 Å². The van der Waals surface area contributed by atoms with Crippen LogP contribution in [0.4, 0.5) is 0 Å². The lowest BCUT2D eigenvalue weighted by Crippen LogP contribution is -1.78. The molecule has 10 aromatic carbocycles. The van der Waals surface area contributed by atoms with E-state index < -0.39 is 0 Å². The molecule has 10 aromatic rings. The molecule has 0 aliphatic heterocycles. The summed E-state index contributed by atoms with van der Waals surface area (Å²) in [6.45, 7) is 0. The highest BCUT2D eigenvalue weighted by atomic mass is 14.0. The first-order chi connectivity index (χ1) is 38.5. The Balaban J connectivity index is 0.634. The Morgan fingerprint density at radius 2 is 0.167 bits per heavy atom. The van der Waals surface area contributed by atoms with Crippen molar-refractivity contribution >= 4 is 109 Å². The van der Waals surface area contributed by atoms with Crippen LogP contribution < -0.4 is 0 Å². The maximum Gasteiger partial charge on any atom is -0.0256 e. The fourth-order valence-corrected chi connectivity index (χ4v) is 8.61. The quantitative estimate of drug-likeness (QED) is 0.0752. The zero-order chi connectivity index (χ0) is 52.8. The van der Waals surface area contributed by atoms with Crippen LogP contribution >= 0.6 is 0 Å². The first-order valence-electron chi connectivity index (χ1n) is 26.6. The second-order valence-electron chi connectivity index (χ2n) is 19.2. The molecule has 0 amide bonds. The van der Waals surface area contributed by atoms with Gasteiger partial charge in [-0.1, -0.05) is 364 Å². The Labute approximate surface area is 461 Å². The Kier molecular flexibility index (Phi) is 17.7. The molecule has 0 nitrogen and oxygen atoms in total. The van der Waals surface area contributed by atoms with Crippen LogP contribution in [0.3, 0.4) is 0 Å². The third-order valence-electron chi connectivity index (χ3n) is 13.3. The topological polar surface area (TPSA) is 0 Å². The monoisotopic (exact) mass is 996 g/mol. The standard InChI is InChI=1S/C78H60/c1-3-7-61(8-4-1)11-13-63-15-19-65(20-16-63)23-25-67-27-31-69(32-28-67)35-37-71-39-43-73(44-40-71)47-49-75-51-55-77(56-52-75)59-60-78-57-53-76(54-58-78)50-48-74-45-41-72(42-46-74)38-36-70-33-29-68(30-34-70)26-24-66-21-17-64(18-22-66)14-12-62-9-5-2-6-10-62/h1-60H/b13-11+,14-12+,25-23+,26-24+,37-35+,38-36+,49-47+,50-48+,60-59+. The molecule has 0 atom stereocenters. The molecule has 0 bridgehead atoms. The highest BCUT2D eigenvalue weighted by molar-refractivity contribution is 5.79. The van der Waals surface area contributed by atoms with E-state index in [2.05, 4.69) is 352 Å². The molecule has 10 rings (SSSR count). The van der Waals surface area contributed by atoms with E-state index in [1.54, 1.807) is 0 Å². The molecular formula is C78H60. The number of rotatable bonds is 18. The molecule has 0 spiro atoms. The summed E-state index contributed by atoms with van der Waals surface area (Å²) in [5.74, 6) is 0. The molecule has 0 aliphatic carbocycles. The molecule has 0 heteroatoms. The average molecular weight is 997 g/mol. The van der Waals surface area contributed by atoms with Crippen molar-refractivity contribution in [2.24, 2.45) is 0 Å². The Morgan fingerprint density at radius 1 is 0.0897 bits per heavy atom. The first-order valence-corrected chi connectivity index (χ1v) is 26.6. The maximum atomic E-state index is 2.17. The van der Waals surface area contributed by atoms with E-state index in [1.165, 1.54) is 89.0 Å². The molecule has 0 N–H and O–H groups in total. The lowest BCUT2D eigenvalue weighted by Gasteiger charge is -2.00. The van der Waals surface area contributed by atoms with Crippen molar-refractivity contribution in [3.05, 3.63) is 355 Å². The third-order valence-corrected chi connectivity index (χ3v) is 13.3. The van der Waals surface area contributed by atoms with Crippen LogP contribution in [0.25, 0.3) is 109 Å². The van der Waals surface area contributed by atoms with E-state index in [0.717, 1.165) is 11.1 Å². The van der Waals surface area contributed by atoms with Gasteiger partial charge in [0.2, 0.25) is 0 Å². The van der Waals surface area contributed by atoms with Gasteiger partial charge in [-0.2, -0.15) is 0 Å². The normalized spacial score (nSPS) is 12.2. The fraction of sp³-hybridized carbons (Fsp3) is 0. The van der Waals surface area contributed by atoms with E-state index in [9.17, 15) is 0 Å². The summed E-state index contributed by atoms with van der Waals surface area (Å²) in [7, 11) is 0. The highest BCUT2D eigenvalue weighted by Gasteiger charge is 1.98. The van der Waals surface area contributed by atoms with Crippen molar-refractivity contribution in [2.45, 2.75) is 0 Å². The lowest BCUT2D eigenvalue weighted by atomic mass is 10.1. The molecule has 0 saturated heterocycles. The molecule has 0 aromatic heterocycles. The summed E-state index contributed by atoms with van der Waals surface area (Å²) >= 11 is 0. The lowest BCUT2D eigenvalue weighted by molar-refractivity contribution is 1.60. The summed E-state index contributed by atoms with van der Waals surface area (Å²) in [4.78, 5) is 0. The predicted octanol–water partition coefficient (Wildman–Crippen LogP) is 21.2. The maximum absolute atomic E-state index is 2.17. The van der Waals surface area contributed by atoms with Gasteiger partial charge in [0.25, 0.3) is 0 Å². The summed E-state index contributed by atoms with van der Waals surface area (Å²) in [5, 5.41) is 0. The van der Waals surface area contributed by atoms with E-state index in [1.807, 2.05) is 12.1 Å². The molecule has 78 heavy (non-hydrogen) atoms. The highest BCUT2D eigenvalue weighted by Crippen LogP contribution is 2.20. The van der Waals surface area contributed by atoms with Gasteiger partial charge in [-0.25, -0.2) is 0 Å².